The maximum Gasteiger partial charge on any atom is 0.269 e. The van der Waals surface area contributed by atoms with Crippen LogP contribution in [-0.2, 0) is 6.42 Å². The molecule has 0 bridgehead atoms. The number of nitrogens with one attached hydrogen (secondary N) is 1. The first-order chi connectivity index (χ1) is 12.2. The van der Waals surface area contributed by atoms with E-state index >= 15 is 0 Å². The van der Waals surface area contributed by atoms with E-state index in [1.165, 1.54) is 5.56 Å². The molecule has 1 aliphatic heterocycles. The van der Waals surface area contributed by atoms with Gasteiger partial charge in [0.1, 0.15) is 5.69 Å². The molecule has 1 aliphatic rings. The highest BCUT2D eigenvalue weighted by Crippen LogP contribution is 2.15. The standard InChI is InChI=1S/C20H26N4O/c1-23-12-14-24(15-13-23)18-9-10-19(22-16-18)20(25)21-11-5-8-17-6-3-2-4-7-17/h2-4,6-7,9-10,16H,5,8,11-15H2,1H3,(H,21,25). The lowest BCUT2D eigenvalue weighted by Gasteiger charge is -2.33. The molecule has 2 aromatic rings. The van der Waals surface area contributed by atoms with Crippen molar-refractivity contribution in [3.05, 3.63) is 59.9 Å². The Morgan fingerprint density at radius 1 is 1.08 bits per heavy atom. The molecule has 1 N–H and O–H groups in total. The lowest BCUT2D eigenvalue weighted by molar-refractivity contribution is 0.0948. The predicted molar refractivity (Wildman–Crippen MR) is 101 cm³/mol. The van der Waals surface area contributed by atoms with E-state index in [1.807, 2.05) is 36.5 Å². The van der Waals surface area contributed by atoms with Crippen molar-refractivity contribution >= 4 is 11.6 Å². The van der Waals surface area contributed by atoms with Crippen molar-refractivity contribution in [3.63, 3.8) is 0 Å². The third-order valence-corrected chi connectivity index (χ3v) is 4.62. The average molecular weight is 338 g/mol. The van der Waals surface area contributed by atoms with Crippen molar-refractivity contribution in [2.24, 2.45) is 0 Å². The van der Waals surface area contributed by atoms with Crippen LogP contribution in [0.5, 0.6) is 0 Å². The van der Waals surface area contributed by atoms with Crippen molar-refractivity contribution < 1.29 is 4.79 Å². The summed E-state index contributed by atoms with van der Waals surface area (Å²) in [7, 11) is 2.14. The molecule has 0 spiro atoms. The number of amides is 1. The maximum atomic E-state index is 12.2. The molecule has 1 aromatic heterocycles. The van der Waals surface area contributed by atoms with E-state index in [1.54, 1.807) is 0 Å². The van der Waals surface area contributed by atoms with E-state index in [4.69, 9.17) is 0 Å². The zero-order valence-electron chi connectivity index (χ0n) is 14.8. The van der Waals surface area contributed by atoms with Gasteiger partial charge in [-0.05, 0) is 37.6 Å². The number of hydrogen-bond acceptors (Lipinski definition) is 4. The second-order valence-electron chi connectivity index (χ2n) is 6.54. The molecule has 0 saturated carbocycles. The molecular weight excluding hydrogens is 312 g/mol. The molecule has 0 radical (unpaired) electrons. The molecule has 0 atom stereocenters. The SMILES string of the molecule is CN1CCN(c2ccc(C(=O)NCCCc3ccccc3)nc2)CC1. The Kier molecular flexibility index (Phi) is 6.01. The van der Waals surface area contributed by atoms with Crippen LogP contribution in [0.1, 0.15) is 22.5 Å². The number of likely N-dealkylation sites (N-methyl/N-ethyl adjacent to an activating group) is 1. The van der Waals surface area contributed by atoms with Gasteiger partial charge in [0.05, 0.1) is 11.9 Å². The Balaban J connectivity index is 1.44. The number of nitrogens with zero attached hydrogens (tertiary/aromatic N) is 3. The molecule has 3 rings (SSSR count). The summed E-state index contributed by atoms with van der Waals surface area (Å²) >= 11 is 0. The van der Waals surface area contributed by atoms with Gasteiger partial charge in [-0.15, -0.1) is 0 Å². The van der Waals surface area contributed by atoms with Gasteiger partial charge in [-0.3, -0.25) is 4.79 Å². The molecule has 1 aromatic carbocycles. The number of aromatic nitrogens is 1. The van der Waals surface area contributed by atoms with E-state index in [-0.39, 0.29) is 5.91 Å². The second kappa shape index (κ2) is 8.62. The first kappa shape index (κ1) is 17.4. The summed E-state index contributed by atoms with van der Waals surface area (Å²) in [5.74, 6) is -0.0991. The summed E-state index contributed by atoms with van der Waals surface area (Å²) in [5, 5.41) is 2.95. The first-order valence-corrected chi connectivity index (χ1v) is 8.94. The van der Waals surface area contributed by atoms with Crippen LogP contribution >= 0.6 is 0 Å². The van der Waals surface area contributed by atoms with E-state index < -0.39 is 0 Å². The lowest BCUT2D eigenvalue weighted by atomic mass is 10.1. The number of carbonyl (C=O) groups is 1. The summed E-state index contributed by atoms with van der Waals surface area (Å²) in [6.45, 7) is 4.79. The fraction of sp³-hybridized carbons (Fsp3) is 0.400. The van der Waals surface area contributed by atoms with Crippen LogP contribution < -0.4 is 10.2 Å². The van der Waals surface area contributed by atoms with Gasteiger partial charge in [-0.25, -0.2) is 4.98 Å². The molecule has 5 nitrogen and oxygen atoms in total. The van der Waals surface area contributed by atoms with Crippen molar-refractivity contribution in [3.8, 4) is 0 Å². The smallest absolute Gasteiger partial charge is 0.269 e. The largest absolute Gasteiger partial charge is 0.368 e. The van der Waals surface area contributed by atoms with Gasteiger partial charge in [-0.1, -0.05) is 30.3 Å². The summed E-state index contributed by atoms with van der Waals surface area (Å²) < 4.78 is 0. The Labute approximate surface area is 149 Å². The zero-order valence-corrected chi connectivity index (χ0v) is 14.8. The number of pyridine rings is 1. The highest BCUT2D eigenvalue weighted by Gasteiger charge is 2.15. The fourth-order valence-corrected chi connectivity index (χ4v) is 3.00. The van der Waals surface area contributed by atoms with E-state index in [0.29, 0.717) is 12.2 Å². The number of rotatable bonds is 6. The third kappa shape index (κ3) is 5.03. The summed E-state index contributed by atoms with van der Waals surface area (Å²) in [4.78, 5) is 21.2. The minimum absolute atomic E-state index is 0.0991. The first-order valence-electron chi connectivity index (χ1n) is 8.94. The quantitative estimate of drug-likeness (QED) is 0.821. The molecule has 1 saturated heterocycles. The number of carbonyl (C=O) groups excluding carboxylic acids is 1. The second-order valence-corrected chi connectivity index (χ2v) is 6.54. The molecule has 25 heavy (non-hydrogen) atoms. The van der Waals surface area contributed by atoms with Crippen molar-refractivity contribution in [2.75, 3.05) is 44.7 Å². The van der Waals surface area contributed by atoms with Crippen molar-refractivity contribution in [2.45, 2.75) is 12.8 Å². The fourth-order valence-electron chi connectivity index (χ4n) is 3.00. The van der Waals surface area contributed by atoms with E-state index in [9.17, 15) is 4.79 Å². The minimum atomic E-state index is -0.0991. The van der Waals surface area contributed by atoms with Gasteiger partial charge in [-0.2, -0.15) is 0 Å². The molecule has 1 amide bonds. The van der Waals surface area contributed by atoms with Gasteiger partial charge in [0.25, 0.3) is 5.91 Å². The van der Waals surface area contributed by atoms with Gasteiger partial charge in [0.2, 0.25) is 0 Å². The van der Waals surface area contributed by atoms with Gasteiger partial charge in [0.15, 0.2) is 0 Å². The number of hydrogen-bond donors (Lipinski definition) is 1. The summed E-state index contributed by atoms with van der Waals surface area (Å²) in [6.07, 6.45) is 3.70. The summed E-state index contributed by atoms with van der Waals surface area (Å²) in [5.41, 5.74) is 2.87. The number of aryl methyl sites for hydroxylation is 1. The molecule has 5 heteroatoms. The average Bonchev–Trinajstić information content (AvgIpc) is 2.67. The van der Waals surface area contributed by atoms with Crippen LogP contribution in [0, 0.1) is 0 Å². The molecular formula is C20H26N4O. The van der Waals surface area contributed by atoms with Gasteiger partial charge in [0, 0.05) is 32.7 Å². The molecule has 1 fully saturated rings. The minimum Gasteiger partial charge on any atom is -0.368 e. The molecule has 2 heterocycles. The molecule has 132 valence electrons. The zero-order chi connectivity index (χ0) is 17.5. The highest BCUT2D eigenvalue weighted by atomic mass is 16.1. The Bertz CT molecular complexity index is 664. The van der Waals surface area contributed by atoms with Crippen LogP contribution in [0.2, 0.25) is 0 Å². The number of piperazine rings is 1. The van der Waals surface area contributed by atoms with Crippen LogP contribution in [0.15, 0.2) is 48.7 Å². The van der Waals surface area contributed by atoms with Crippen LogP contribution in [0.3, 0.4) is 0 Å². The number of anilines is 1. The van der Waals surface area contributed by atoms with Crippen molar-refractivity contribution in [1.29, 1.82) is 0 Å². The topological polar surface area (TPSA) is 48.5 Å². The van der Waals surface area contributed by atoms with Gasteiger partial charge >= 0.3 is 0 Å². The van der Waals surface area contributed by atoms with Gasteiger partial charge < -0.3 is 15.1 Å². The predicted octanol–water partition coefficient (Wildman–Crippen LogP) is 2.20. The molecule has 0 unspecified atom stereocenters. The van der Waals surface area contributed by atoms with E-state index in [2.05, 4.69) is 39.3 Å². The maximum absolute atomic E-state index is 12.2. The van der Waals surface area contributed by atoms with Crippen molar-refractivity contribution in [1.82, 2.24) is 15.2 Å². The third-order valence-electron chi connectivity index (χ3n) is 4.62. The number of benzene rings is 1. The van der Waals surface area contributed by atoms with Crippen LogP contribution in [-0.4, -0.2) is 55.6 Å². The highest BCUT2D eigenvalue weighted by molar-refractivity contribution is 5.92. The van der Waals surface area contributed by atoms with Crippen LogP contribution in [0.4, 0.5) is 5.69 Å². The van der Waals surface area contributed by atoms with Crippen LogP contribution in [0.25, 0.3) is 0 Å². The lowest BCUT2D eigenvalue weighted by Crippen LogP contribution is -2.44. The Hall–Kier alpha value is -2.40. The Morgan fingerprint density at radius 2 is 1.84 bits per heavy atom. The monoisotopic (exact) mass is 338 g/mol. The normalized spacial score (nSPS) is 15.2. The molecule has 0 aliphatic carbocycles. The summed E-state index contributed by atoms with van der Waals surface area (Å²) in [6, 6.07) is 14.1. The Morgan fingerprint density at radius 3 is 2.52 bits per heavy atom. The van der Waals surface area contributed by atoms with E-state index in [0.717, 1.165) is 44.7 Å².